The smallest absolute Gasteiger partial charge is 0.245 e. The molecule has 0 radical (unpaired) electrons. The standard InChI is InChI=1S/C15H27N3O2/c1-11(12-6-5-9-16-10-12)17-18-15(19)13-7-3-4-8-14(13)20-2/h12-14,16H,3-10H2,1-2H3,(H,18,19)/b17-11+. The molecule has 2 fully saturated rings. The zero-order valence-corrected chi connectivity index (χ0v) is 12.7. The number of hydrazone groups is 1. The van der Waals surface area contributed by atoms with Crippen LogP contribution in [0.15, 0.2) is 5.10 Å². The third-order valence-corrected chi connectivity index (χ3v) is 4.57. The molecular weight excluding hydrogens is 254 g/mol. The van der Waals surface area contributed by atoms with Gasteiger partial charge in [-0.25, -0.2) is 5.43 Å². The summed E-state index contributed by atoms with van der Waals surface area (Å²) in [5, 5.41) is 7.68. The first-order valence-corrected chi connectivity index (χ1v) is 7.80. The molecule has 0 aromatic carbocycles. The van der Waals surface area contributed by atoms with Crippen LogP contribution in [-0.4, -0.2) is 37.9 Å². The number of hydrogen-bond donors (Lipinski definition) is 2. The van der Waals surface area contributed by atoms with Crippen LogP contribution in [0.3, 0.4) is 0 Å². The Morgan fingerprint density at radius 1 is 1.25 bits per heavy atom. The molecule has 3 unspecified atom stereocenters. The Labute approximate surface area is 121 Å². The fourth-order valence-electron chi connectivity index (χ4n) is 3.20. The molecule has 1 aliphatic carbocycles. The fraction of sp³-hybridized carbons (Fsp3) is 0.867. The van der Waals surface area contributed by atoms with E-state index >= 15 is 0 Å². The van der Waals surface area contributed by atoms with Crippen molar-refractivity contribution in [3.05, 3.63) is 0 Å². The minimum absolute atomic E-state index is 0.0136. The highest BCUT2D eigenvalue weighted by molar-refractivity contribution is 5.87. The van der Waals surface area contributed by atoms with E-state index < -0.39 is 0 Å². The van der Waals surface area contributed by atoms with Gasteiger partial charge in [-0.1, -0.05) is 12.8 Å². The van der Waals surface area contributed by atoms with Gasteiger partial charge in [0.15, 0.2) is 0 Å². The number of nitrogens with one attached hydrogen (secondary N) is 2. The van der Waals surface area contributed by atoms with Crippen LogP contribution < -0.4 is 10.7 Å². The summed E-state index contributed by atoms with van der Waals surface area (Å²) < 4.78 is 5.43. The van der Waals surface area contributed by atoms with Gasteiger partial charge in [0.05, 0.1) is 12.0 Å². The van der Waals surface area contributed by atoms with Gasteiger partial charge in [0.1, 0.15) is 0 Å². The highest BCUT2D eigenvalue weighted by atomic mass is 16.5. The van der Waals surface area contributed by atoms with Crippen molar-refractivity contribution < 1.29 is 9.53 Å². The summed E-state index contributed by atoms with van der Waals surface area (Å²) in [6.45, 7) is 4.07. The molecule has 1 heterocycles. The van der Waals surface area contributed by atoms with Crippen molar-refractivity contribution in [3.63, 3.8) is 0 Å². The molecule has 5 heteroatoms. The first kappa shape index (κ1) is 15.4. The molecule has 0 aromatic rings. The van der Waals surface area contributed by atoms with Gasteiger partial charge in [0.2, 0.25) is 5.91 Å². The average Bonchev–Trinajstić information content (AvgIpc) is 2.53. The summed E-state index contributed by atoms with van der Waals surface area (Å²) in [4.78, 5) is 12.2. The average molecular weight is 281 g/mol. The van der Waals surface area contributed by atoms with Gasteiger partial charge >= 0.3 is 0 Å². The molecule has 2 N–H and O–H groups in total. The molecule has 1 saturated heterocycles. The number of piperidine rings is 1. The molecular formula is C15H27N3O2. The second-order valence-corrected chi connectivity index (χ2v) is 5.94. The molecule has 2 aliphatic rings. The lowest BCUT2D eigenvalue weighted by molar-refractivity contribution is -0.131. The highest BCUT2D eigenvalue weighted by Crippen LogP contribution is 2.26. The molecule has 0 aromatic heterocycles. The van der Waals surface area contributed by atoms with Gasteiger partial charge in [-0.05, 0) is 39.2 Å². The van der Waals surface area contributed by atoms with Crippen LogP contribution in [0.1, 0.15) is 45.4 Å². The van der Waals surface area contributed by atoms with Gasteiger partial charge in [0.25, 0.3) is 0 Å². The Morgan fingerprint density at radius 3 is 2.75 bits per heavy atom. The maximum atomic E-state index is 12.2. The van der Waals surface area contributed by atoms with Crippen molar-refractivity contribution in [3.8, 4) is 0 Å². The molecule has 20 heavy (non-hydrogen) atoms. The van der Waals surface area contributed by atoms with Gasteiger partial charge in [-0.3, -0.25) is 4.79 Å². The minimum Gasteiger partial charge on any atom is -0.381 e. The number of hydrogen-bond acceptors (Lipinski definition) is 4. The summed E-state index contributed by atoms with van der Waals surface area (Å²) >= 11 is 0. The maximum Gasteiger partial charge on any atom is 0.245 e. The number of methoxy groups -OCH3 is 1. The zero-order valence-electron chi connectivity index (χ0n) is 12.7. The Morgan fingerprint density at radius 2 is 2.05 bits per heavy atom. The van der Waals surface area contributed by atoms with E-state index in [-0.39, 0.29) is 17.9 Å². The number of rotatable bonds is 4. The first-order chi connectivity index (χ1) is 9.72. The summed E-state index contributed by atoms with van der Waals surface area (Å²) in [5.74, 6) is 0.420. The Hall–Kier alpha value is -0.940. The first-order valence-electron chi connectivity index (χ1n) is 7.80. The third-order valence-electron chi connectivity index (χ3n) is 4.57. The lowest BCUT2D eigenvalue weighted by Gasteiger charge is -2.29. The van der Waals surface area contributed by atoms with Crippen LogP contribution in [0.5, 0.6) is 0 Å². The quantitative estimate of drug-likeness (QED) is 0.609. The van der Waals surface area contributed by atoms with Crippen molar-refractivity contribution in [2.75, 3.05) is 20.2 Å². The van der Waals surface area contributed by atoms with Crippen LogP contribution in [0.2, 0.25) is 0 Å². The number of carbonyl (C=O) groups excluding carboxylic acids is 1. The molecule has 0 bridgehead atoms. The van der Waals surface area contributed by atoms with E-state index in [1.165, 1.54) is 6.42 Å². The largest absolute Gasteiger partial charge is 0.381 e. The van der Waals surface area contributed by atoms with Crippen LogP contribution in [0.4, 0.5) is 0 Å². The van der Waals surface area contributed by atoms with Crippen molar-refractivity contribution in [1.29, 1.82) is 0 Å². The predicted molar refractivity (Wildman–Crippen MR) is 79.6 cm³/mol. The van der Waals surface area contributed by atoms with Crippen LogP contribution in [0, 0.1) is 11.8 Å². The van der Waals surface area contributed by atoms with Crippen molar-refractivity contribution in [2.45, 2.75) is 51.6 Å². The molecule has 1 aliphatic heterocycles. The van der Waals surface area contributed by atoms with Crippen molar-refractivity contribution in [2.24, 2.45) is 16.9 Å². The Balaban J connectivity index is 1.86. The van der Waals surface area contributed by atoms with Gasteiger partial charge in [-0.2, -0.15) is 5.10 Å². The lowest BCUT2D eigenvalue weighted by Crippen LogP contribution is -2.39. The van der Waals surface area contributed by atoms with Crippen LogP contribution >= 0.6 is 0 Å². The summed E-state index contributed by atoms with van der Waals surface area (Å²) in [5.41, 5.74) is 3.78. The van der Waals surface area contributed by atoms with Gasteiger partial charge < -0.3 is 10.1 Å². The van der Waals surface area contributed by atoms with E-state index in [2.05, 4.69) is 15.8 Å². The monoisotopic (exact) mass is 281 g/mol. The number of amides is 1. The van der Waals surface area contributed by atoms with Crippen molar-refractivity contribution >= 4 is 11.6 Å². The van der Waals surface area contributed by atoms with Crippen molar-refractivity contribution in [1.82, 2.24) is 10.7 Å². The van der Waals surface area contributed by atoms with Gasteiger partial charge in [-0.15, -0.1) is 0 Å². The molecule has 5 nitrogen and oxygen atoms in total. The minimum atomic E-state index is -0.0465. The van der Waals surface area contributed by atoms with E-state index in [9.17, 15) is 4.79 Å². The number of carbonyl (C=O) groups is 1. The second-order valence-electron chi connectivity index (χ2n) is 5.94. The predicted octanol–water partition coefficient (Wildman–Crippen LogP) is 1.68. The lowest BCUT2D eigenvalue weighted by atomic mass is 9.86. The number of ether oxygens (including phenoxy) is 1. The van der Waals surface area contributed by atoms with E-state index in [0.29, 0.717) is 5.92 Å². The van der Waals surface area contributed by atoms with Crippen LogP contribution in [-0.2, 0) is 9.53 Å². The molecule has 114 valence electrons. The summed E-state index contributed by atoms with van der Waals surface area (Å²) in [6, 6.07) is 0. The summed E-state index contributed by atoms with van der Waals surface area (Å²) in [7, 11) is 1.69. The molecule has 1 amide bonds. The Kier molecular flexibility index (Phi) is 5.98. The second kappa shape index (κ2) is 7.74. The van der Waals surface area contributed by atoms with E-state index in [1.807, 2.05) is 6.92 Å². The maximum absolute atomic E-state index is 12.2. The highest BCUT2D eigenvalue weighted by Gasteiger charge is 2.31. The van der Waals surface area contributed by atoms with E-state index in [0.717, 1.165) is 50.9 Å². The molecule has 2 rings (SSSR count). The Bertz CT molecular complexity index is 351. The zero-order chi connectivity index (χ0) is 14.4. The SMILES string of the molecule is COC1CCCCC1C(=O)N/N=C(\C)C1CCCNC1. The normalized spacial score (nSPS) is 31.9. The van der Waals surface area contributed by atoms with E-state index in [4.69, 9.17) is 4.74 Å². The number of nitrogens with zero attached hydrogens (tertiary/aromatic N) is 1. The fourth-order valence-corrected chi connectivity index (χ4v) is 3.20. The molecule has 0 spiro atoms. The summed E-state index contributed by atoms with van der Waals surface area (Å²) in [6.07, 6.45) is 6.53. The van der Waals surface area contributed by atoms with Gasteiger partial charge in [0, 0.05) is 25.3 Å². The molecule has 1 saturated carbocycles. The third kappa shape index (κ3) is 4.03. The topological polar surface area (TPSA) is 62.7 Å². The van der Waals surface area contributed by atoms with E-state index in [1.54, 1.807) is 7.11 Å². The van der Waals surface area contributed by atoms with Crippen LogP contribution in [0.25, 0.3) is 0 Å². The molecule has 3 atom stereocenters.